The highest BCUT2D eigenvalue weighted by Gasteiger charge is 2.52. The van der Waals surface area contributed by atoms with Crippen LogP contribution in [-0.4, -0.2) is 34.2 Å². The summed E-state index contributed by atoms with van der Waals surface area (Å²) in [6.45, 7) is 7.87. The molecule has 1 fully saturated rings. The molecule has 0 bridgehead atoms. The molecular weight excluding hydrogens is 340 g/mol. The van der Waals surface area contributed by atoms with Crippen LogP contribution in [0.1, 0.15) is 38.2 Å². The van der Waals surface area contributed by atoms with Gasteiger partial charge in [0.2, 0.25) is 0 Å². The van der Waals surface area contributed by atoms with Crippen LogP contribution in [0.25, 0.3) is 0 Å². The van der Waals surface area contributed by atoms with Gasteiger partial charge in [0.05, 0.1) is 17.4 Å². The maximum absolute atomic E-state index is 12.4. The van der Waals surface area contributed by atoms with Gasteiger partial charge < -0.3 is 14.6 Å². The van der Waals surface area contributed by atoms with Crippen molar-refractivity contribution in [2.24, 2.45) is 0 Å². The highest BCUT2D eigenvalue weighted by Crippen LogP contribution is 2.37. The predicted octanol–water partition coefficient (Wildman–Crippen LogP) is 2.68. The van der Waals surface area contributed by atoms with Crippen LogP contribution in [0, 0.1) is 0 Å². The van der Waals surface area contributed by atoms with E-state index < -0.39 is 18.3 Å². The van der Waals surface area contributed by atoms with Crippen LogP contribution in [0.4, 0.5) is 5.69 Å². The van der Waals surface area contributed by atoms with Crippen molar-refractivity contribution >= 4 is 35.8 Å². The first-order valence-electron chi connectivity index (χ1n) is 7.92. The summed E-state index contributed by atoms with van der Waals surface area (Å²) < 4.78 is 12.1. The van der Waals surface area contributed by atoms with E-state index in [9.17, 15) is 4.79 Å². The van der Waals surface area contributed by atoms with E-state index in [-0.39, 0.29) is 11.6 Å². The molecule has 2 aromatic rings. The Morgan fingerprint density at radius 1 is 1.16 bits per heavy atom. The molecule has 1 aromatic carbocycles. The number of amides is 1. The Bertz CT molecular complexity index is 783. The van der Waals surface area contributed by atoms with Crippen LogP contribution < -0.4 is 10.8 Å². The van der Waals surface area contributed by atoms with Crippen LogP contribution in [0.2, 0.25) is 5.02 Å². The lowest BCUT2D eigenvalue weighted by Gasteiger charge is -2.32. The predicted molar refractivity (Wildman–Crippen MR) is 97.2 cm³/mol. The van der Waals surface area contributed by atoms with Crippen LogP contribution >= 0.6 is 11.6 Å². The summed E-state index contributed by atoms with van der Waals surface area (Å²) in [4.78, 5) is 20.3. The third-order valence-electron chi connectivity index (χ3n) is 4.56. The van der Waals surface area contributed by atoms with Gasteiger partial charge in [-0.2, -0.15) is 0 Å². The number of anilines is 1. The Hall–Kier alpha value is -1.96. The lowest BCUT2D eigenvalue weighted by atomic mass is 9.77. The smallest absolute Gasteiger partial charge is 0.399 e. The van der Waals surface area contributed by atoms with Crippen molar-refractivity contribution in [3.05, 3.63) is 47.5 Å². The van der Waals surface area contributed by atoms with E-state index in [1.54, 1.807) is 18.2 Å². The van der Waals surface area contributed by atoms with Crippen molar-refractivity contribution in [2.45, 2.75) is 38.9 Å². The van der Waals surface area contributed by atoms with E-state index in [1.165, 1.54) is 18.6 Å². The number of rotatable bonds is 3. The Labute approximate surface area is 152 Å². The van der Waals surface area contributed by atoms with Gasteiger partial charge in [0.25, 0.3) is 5.91 Å². The lowest BCUT2D eigenvalue weighted by molar-refractivity contribution is 0.00578. The van der Waals surface area contributed by atoms with E-state index >= 15 is 0 Å². The third-order valence-corrected chi connectivity index (χ3v) is 4.80. The SMILES string of the molecule is CC1(C)OB(c2cc(Cl)ccc2NC(=O)c2cnccn2)OC1(C)C. The first-order valence-corrected chi connectivity index (χ1v) is 8.30. The molecule has 0 saturated carbocycles. The van der Waals surface area contributed by atoms with Crippen molar-refractivity contribution in [3.63, 3.8) is 0 Å². The van der Waals surface area contributed by atoms with Crippen LogP contribution in [0.15, 0.2) is 36.8 Å². The number of benzene rings is 1. The summed E-state index contributed by atoms with van der Waals surface area (Å²) in [5.74, 6) is -0.367. The molecule has 6 nitrogen and oxygen atoms in total. The summed E-state index contributed by atoms with van der Waals surface area (Å²) >= 11 is 6.14. The fourth-order valence-corrected chi connectivity index (χ4v) is 2.60. The zero-order valence-electron chi connectivity index (χ0n) is 14.5. The van der Waals surface area contributed by atoms with Gasteiger partial charge in [-0.3, -0.25) is 9.78 Å². The van der Waals surface area contributed by atoms with E-state index in [4.69, 9.17) is 20.9 Å². The molecule has 1 N–H and O–H groups in total. The van der Waals surface area contributed by atoms with Crippen molar-refractivity contribution in [3.8, 4) is 0 Å². The summed E-state index contributed by atoms with van der Waals surface area (Å²) in [5, 5.41) is 3.36. The molecule has 130 valence electrons. The number of nitrogens with zero attached hydrogens (tertiary/aromatic N) is 2. The molecule has 3 rings (SSSR count). The Kier molecular flexibility index (Phi) is 4.57. The number of hydrogen-bond donors (Lipinski definition) is 1. The van der Waals surface area contributed by atoms with E-state index in [0.717, 1.165) is 0 Å². The molecule has 0 atom stereocenters. The highest BCUT2D eigenvalue weighted by molar-refractivity contribution is 6.64. The Morgan fingerprint density at radius 3 is 2.44 bits per heavy atom. The minimum Gasteiger partial charge on any atom is -0.399 e. The summed E-state index contributed by atoms with van der Waals surface area (Å²) in [6, 6.07) is 5.15. The zero-order chi connectivity index (χ0) is 18.2. The van der Waals surface area contributed by atoms with Gasteiger partial charge in [-0.05, 0) is 45.9 Å². The minimum absolute atomic E-state index is 0.220. The van der Waals surface area contributed by atoms with Gasteiger partial charge >= 0.3 is 7.12 Å². The number of carbonyl (C=O) groups excluding carboxylic acids is 1. The average Bonchev–Trinajstić information content (AvgIpc) is 2.78. The maximum atomic E-state index is 12.4. The van der Waals surface area contributed by atoms with Crippen LogP contribution in [0.3, 0.4) is 0 Å². The molecule has 1 amide bonds. The maximum Gasteiger partial charge on any atom is 0.497 e. The first kappa shape index (κ1) is 17.9. The summed E-state index contributed by atoms with van der Waals surface area (Å²) in [7, 11) is -0.638. The number of carbonyl (C=O) groups is 1. The molecule has 1 aromatic heterocycles. The third kappa shape index (κ3) is 3.54. The molecule has 0 radical (unpaired) electrons. The second-order valence-corrected chi connectivity index (χ2v) is 7.30. The Morgan fingerprint density at radius 2 is 1.84 bits per heavy atom. The second kappa shape index (κ2) is 6.40. The molecule has 8 heteroatoms. The van der Waals surface area contributed by atoms with Gasteiger partial charge in [0.15, 0.2) is 0 Å². The number of hydrogen-bond acceptors (Lipinski definition) is 5. The van der Waals surface area contributed by atoms with Crippen molar-refractivity contribution in [1.29, 1.82) is 0 Å². The average molecular weight is 360 g/mol. The minimum atomic E-state index is -0.638. The van der Waals surface area contributed by atoms with Crippen LogP contribution in [0.5, 0.6) is 0 Å². The fraction of sp³-hybridized carbons (Fsp3) is 0.353. The molecule has 2 heterocycles. The lowest BCUT2D eigenvalue weighted by Crippen LogP contribution is -2.41. The molecule has 0 spiro atoms. The van der Waals surface area contributed by atoms with Crippen LogP contribution in [-0.2, 0) is 9.31 Å². The van der Waals surface area contributed by atoms with Crippen molar-refractivity contribution in [1.82, 2.24) is 9.97 Å². The van der Waals surface area contributed by atoms with E-state index in [0.29, 0.717) is 16.2 Å². The molecular formula is C17H19BClN3O3. The number of halogens is 1. The number of nitrogens with one attached hydrogen (secondary N) is 1. The molecule has 0 unspecified atom stereocenters. The first-order chi connectivity index (χ1) is 11.7. The molecule has 0 aliphatic carbocycles. The highest BCUT2D eigenvalue weighted by atomic mass is 35.5. The van der Waals surface area contributed by atoms with Gasteiger partial charge in [-0.25, -0.2) is 4.98 Å². The normalized spacial score (nSPS) is 18.2. The quantitative estimate of drug-likeness (QED) is 0.853. The summed E-state index contributed by atoms with van der Waals surface area (Å²) in [6.07, 6.45) is 4.38. The van der Waals surface area contributed by atoms with E-state index in [1.807, 2.05) is 27.7 Å². The van der Waals surface area contributed by atoms with Gasteiger partial charge in [0.1, 0.15) is 5.69 Å². The molecule has 1 aliphatic heterocycles. The largest absolute Gasteiger partial charge is 0.497 e. The zero-order valence-corrected chi connectivity index (χ0v) is 15.3. The monoisotopic (exact) mass is 359 g/mol. The molecule has 1 aliphatic rings. The molecule has 1 saturated heterocycles. The molecule has 25 heavy (non-hydrogen) atoms. The Balaban J connectivity index is 1.91. The van der Waals surface area contributed by atoms with Crippen molar-refractivity contribution < 1.29 is 14.1 Å². The second-order valence-electron chi connectivity index (χ2n) is 6.86. The van der Waals surface area contributed by atoms with Gasteiger partial charge in [-0.15, -0.1) is 0 Å². The number of aromatic nitrogens is 2. The van der Waals surface area contributed by atoms with Crippen molar-refractivity contribution in [2.75, 3.05) is 5.32 Å². The van der Waals surface area contributed by atoms with Gasteiger partial charge in [0, 0.05) is 28.6 Å². The standard InChI is InChI=1S/C17H19BClN3O3/c1-16(2)17(3,4)25-18(24-16)12-9-11(19)5-6-13(12)22-15(23)14-10-20-7-8-21-14/h5-10H,1-4H3,(H,22,23). The topological polar surface area (TPSA) is 73.3 Å². The van der Waals surface area contributed by atoms with Gasteiger partial charge in [-0.1, -0.05) is 11.6 Å². The summed E-state index contributed by atoms with van der Waals surface area (Å²) in [5.41, 5.74) is 0.442. The van der Waals surface area contributed by atoms with E-state index in [2.05, 4.69) is 15.3 Å². The fourth-order valence-electron chi connectivity index (χ4n) is 2.42.